The lowest BCUT2D eigenvalue weighted by Crippen LogP contribution is -2.04. The highest BCUT2D eigenvalue weighted by Crippen LogP contribution is 2.25. The maximum absolute atomic E-state index is 13.8. The molecule has 0 amide bonds. The lowest BCUT2D eigenvalue weighted by atomic mass is 10.0. The van der Waals surface area contributed by atoms with Crippen molar-refractivity contribution in [1.82, 2.24) is 5.32 Å². The van der Waals surface area contributed by atoms with Gasteiger partial charge in [-0.3, -0.25) is 0 Å². The summed E-state index contributed by atoms with van der Waals surface area (Å²) < 4.78 is 13.8. The molecule has 0 bridgehead atoms. The van der Waals surface area contributed by atoms with Crippen LogP contribution in [0.15, 0.2) is 42.5 Å². The Balaban J connectivity index is 2.42. The summed E-state index contributed by atoms with van der Waals surface area (Å²) in [5, 5.41) is 3.49. The molecule has 0 fully saturated rings. The zero-order valence-corrected chi connectivity index (χ0v) is 10.3. The summed E-state index contributed by atoms with van der Waals surface area (Å²) >= 11 is 5.74. The van der Waals surface area contributed by atoms with Gasteiger partial charge >= 0.3 is 0 Å². The molecule has 0 saturated heterocycles. The van der Waals surface area contributed by atoms with Gasteiger partial charge in [0.2, 0.25) is 0 Å². The molecule has 0 saturated carbocycles. The van der Waals surface area contributed by atoms with Crippen molar-refractivity contribution < 1.29 is 4.39 Å². The topological polar surface area (TPSA) is 12.0 Å². The SMILES string of the molecule is CNCc1cccc(-c2ccc(Cl)cc2F)c1. The molecule has 2 rings (SSSR count). The second-order valence-electron chi connectivity index (χ2n) is 3.85. The lowest BCUT2D eigenvalue weighted by molar-refractivity contribution is 0.631. The highest BCUT2D eigenvalue weighted by Gasteiger charge is 2.06. The van der Waals surface area contributed by atoms with E-state index in [4.69, 9.17) is 11.6 Å². The molecular weight excluding hydrogens is 237 g/mol. The van der Waals surface area contributed by atoms with Crippen LogP contribution in [-0.2, 0) is 6.54 Å². The maximum Gasteiger partial charge on any atom is 0.132 e. The number of hydrogen-bond acceptors (Lipinski definition) is 1. The molecule has 88 valence electrons. The molecule has 17 heavy (non-hydrogen) atoms. The van der Waals surface area contributed by atoms with E-state index < -0.39 is 0 Å². The van der Waals surface area contributed by atoms with Gasteiger partial charge in [-0.2, -0.15) is 0 Å². The van der Waals surface area contributed by atoms with Gasteiger partial charge in [-0.1, -0.05) is 29.8 Å². The number of halogens is 2. The molecule has 3 heteroatoms. The van der Waals surface area contributed by atoms with E-state index in [1.54, 1.807) is 12.1 Å². The van der Waals surface area contributed by atoms with Crippen molar-refractivity contribution in [3.8, 4) is 11.1 Å². The van der Waals surface area contributed by atoms with Crippen LogP contribution in [0.25, 0.3) is 11.1 Å². The quantitative estimate of drug-likeness (QED) is 0.871. The third-order valence-corrected chi connectivity index (χ3v) is 2.79. The molecule has 0 spiro atoms. The van der Waals surface area contributed by atoms with Crippen LogP contribution in [0, 0.1) is 5.82 Å². The molecule has 0 atom stereocenters. The predicted molar refractivity (Wildman–Crippen MR) is 69.6 cm³/mol. The third-order valence-electron chi connectivity index (χ3n) is 2.55. The predicted octanol–water partition coefficient (Wildman–Crippen LogP) is 3.87. The molecule has 0 aliphatic heterocycles. The Labute approximate surface area is 105 Å². The van der Waals surface area contributed by atoms with Crippen molar-refractivity contribution in [1.29, 1.82) is 0 Å². The minimum absolute atomic E-state index is 0.292. The van der Waals surface area contributed by atoms with Crippen LogP contribution in [0.4, 0.5) is 4.39 Å². The van der Waals surface area contributed by atoms with Crippen LogP contribution in [0.3, 0.4) is 0 Å². The van der Waals surface area contributed by atoms with Crippen LogP contribution >= 0.6 is 11.6 Å². The number of benzene rings is 2. The summed E-state index contributed by atoms with van der Waals surface area (Å²) in [7, 11) is 1.88. The molecule has 2 aromatic carbocycles. The molecule has 0 aliphatic rings. The molecule has 2 aromatic rings. The van der Waals surface area contributed by atoms with Gasteiger partial charge in [-0.15, -0.1) is 0 Å². The zero-order valence-electron chi connectivity index (χ0n) is 9.50. The van der Waals surface area contributed by atoms with Gasteiger partial charge in [-0.05, 0) is 42.4 Å². The first-order valence-corrected chi connectivity index (χ1v) is 5.77. The first kappa shape index (κ1) is 12.1. The van der Waals surface area contributed by atoms with Crippen LogP contribution in [0.2, 0.25) is 5.02 Å². The first-order chi connectivity index (χ1) is 8.20. The Morgan fingerprint density at radius 1 is 1.18 bits per heavy atom. The Bertz CT molecular complexity index is 525. The fourth-order valence-corrected chi connectivity index (χ4v) is 1.94. The minimum atomic E-state index is -0.292. The molecule has 0 aromatic heterocycles. The van der Waals surface area contributed by atoms with Crippen molar-refractivity contribution in [2.24, 2.45) is 0 Å². The standard InChI is InChI=1S/C14H13ClFN/c1-17-9-10-3-2-4-11(7-10)13-6-5-12(15)8-14(13)16/h2-8,17H,9H2,1H3. The highest BCUT2D eigenvalue weighted by atomic mass is 35.5. The van der Waals surface area contributed by atoms with Gasteiger partial charge in [-0.25, -0.2) is 4.39 Å². The molecule has 0 heterocycles. The second-order valence-corrected chi connectivity index (χ2v) is 4.29. The van der Waals surface area contributed by atoms with Crippen molar-refractivity contribution in [3.63, 3.8) is 0 Å². The highest BCUT2D eigenvalue weighted by molar-refractivity contribution is 6.30. The Morgan fingerprint density at radius 3 is 2.71 bits per heavy atom. The Kier molecular flexibility index (Phi) is 3.77. The molecule has 0 radical (unpaired) electrons. The van der Waals surface area contributed by atoms with E-state index >= 15 is 0 Å². The summed E-state index contributed by atoms with van der Waals surface area (Å²) in [5.41, 5.74) is 2.57. The summed E-state index contributed by atoms with van der Waals surface area (Å²) in [6.45, 7) is 0.767. The monoisotopic (exact) mass is 249 g/mol. The third kappa shape index (κ3) is 2.84. The Hall–Kier alpha value is -1.38. The van der Waals surface area contributed by atoms with E-state index in [2.05, 4.69) is 5.32 Å². The van der Waals surface area contributed by atoms with Gasteiger partial charge in [0.1, 0.15) is 5.82 Å². The van der Waals surface area contributed by atoms with Crippen molar-refractivity contribution in [2.45, 2.75) is 6.54 Å². The lowest BCUT2D eigenvalue weighted by Gasteiger charge is -2.06. The van der Waals surface area contributed by atoms with Crippen LogP contribution in [0.1, 0.15) is 5.56 Å². The number of nitrogens with one attached hydrogen (secondary N) is 1. The van der Waals surface area contributed by atoms with E-state index in [-0.39, 0.29) is 5.82 Å². The fourth-order valence-electron chi connectivity index (χ4n) is 1.78. The van der Waals surface area contributed by atoms with Crippen molar-refractivity contribution >= 4 is 11.6 Å². The maximum atomic E-state index is 13.8. The fraction of sp³-hybridized carbons (Fsp3) is 0.143. The normalized spacial score (nSPS) is 10.5. The van der Waals surface area contributed by atoms with Gasteiger partial charge in [0.25, 0.3) is 0 Å². The molecule has 0 unspecified atom stereocenters. The first-order valence-electron chi connectivity index (χ1n) is 5.39. The van der Waals surface area contributed by atoms with E-state index in [0.29, 0.717) is 10.6 Å². The van der Waals surface area contributed by atoms with Gasteiger partial charge in [0.05, 0.1) is 0 Å². The molecule has 1 N–H and O–H groups in total. The smallest absolute Gasteiger partial charge is 0.132 e. The average Bonchev–Trinajstić information content (AvgIpc) is 2.29. The summed E-state index contributed by atoms with van der Waals surface area (Å²) in [6, 6.07) is 12.5. The number of hydrogen-bond donors (Lipinski definition) is 1. The summed E-state index contributed by atoms with van der Waals surface area (Å²) in [4.78, 5) is 0. The molecule has 0 aliphatic carbocycles. The average molecular weight is 250 g/mol. The second kappa shape index (κ2) is 5.30. The van der Waals surface area contributed by atoms with Crippen LogP contribution in [0.5, 0.6) is 0 Å². The summed E-state index contributed by atoms with van der Waals surface area (Å²) in [6.07, 6.45) is 0. The van der Waals surface area contributed by atoms with E-state index in [0.717, 1.165) is 17.7 Å². The Morgan fingerprint density at radius 2 is 2.00 bits per heavy atom. The van der Waals surface area contributed by atoms with E-state index in [1.807, 2.05) is 31.3 Å². The summed E-state index contributed by atoms with van der Waals surface area (Å²) in [5.74, 6) is -0.292. The molecular formula is C14H13ClFN. The van der Waals surface area contributed by atoms with Crippen LogP contribution in [-0.4, -0.2) is 7.05 Å². The zero-order chi connectivity index (χ0) is 12.3. The number of rotatable bonds is 3. The van der Waals surface area contributed by atoms with Crippen LogP contribution < -0.4 is 5.32 Å². The van der Waals surface area contributed by atoms with Gasteiger partial charge in [0.15, 0.2) is 0 Å². The van der Waals surface area contributed by atoms with E-state index in [1.165, 1.54) is 6.07 Å². The molecule has 1 nitrogen and oxygen atoms in total. The van der Waals surface area contributed by atoms with Gasteiger partial charge < -0.3 is 5.32 Å². The minimum Gasteiger partial charge on any atom is -0.316 e. The van der Waals surface area contributed by atoms with Gasteiger partial charge in [0, 0.05) is 17.1 Å². The van der Waals surface area contributed by atoms with Crippen molar-refractivity contribution in [2.75, 3.05) is 7.05 Å². The largest absolute Gasteiger partial charge is 0.316 e. The van der Waals surface area contributed by atoms with Crippen molar-refractivity contribution in [3.05, 3.63) is 58.9 Å². The van der Waals surface area contributed by atoms with E-state index in [9.17, 15) is 4.39 Å².